The fraction of sp³-hybridized carbons (Fsp3) is 0.476. The van der Waals surface area contributed by atoms with Crippen LogP contribution in [0.2, 0.25) is 0 Å². The third kappa shape index (κ3) is 9.41. The van der Waals surface area contributed by atoms with Crippen molar-refractivity contribution in [1.29, 1.82) is 0 Å². The van der Waals surface area contributed by atoms with Crippen molar-refractivity contribution < 1.29 is 33.6 Å². The van der Waals surface area contributed by atoms with Gasteiger partial charge in [0, 0.05) is 38.2 Å². The maximum Gasteiger partial charge on any atom is 0.264 e. The molecule has 1 aromatic heterocycles. The molecule has 7 amide bonds. The molecule has 3 atom stereocenters. The molecule has 2 saturated heterocycles. The Kier molecular flexibility index (Phi) is 12.9. The summed E-state index contributed by atoms with van der Waals surface area (Å²) in [5.41, 5.74) is 5.20. The number of benzene rings is 2. The molecule has 0 aliphatic carbocycles. The molecule has 0 bridgehead atoms. The average Bonchev–Trinajstić information content (AvgIpc) is 3.91. The zero-order chi connectivity index (χ0) is 40.9. The molecule has 6 rings (SSSR count). The Hall–Kier alpha value is -5.44. The minimum absolute atomic E-state index is 0.0533. The van der Waals surface area contributed by atoms with Gasteiger partial charge in [-0.05, 0) is 67.7 Å². The molecule has 2 fully saturated rings. The first-order valence-electron chi connectivity index (χ1n) is 19.7. The zero-order valence-corrected chi connectivity index (χ0v) is 33.8. The standard InChI is InChI=1S/C42H51N7O7S/c1-25-35(57-24-45-25)27-17-15-26(16-18-27)23-44-37(52)30-13-10-22-48(30)41(56)36(42(2,3)4)46-32(50)14-7-5-6-8-21-43-29-12-9-11-28-34(29)40(55)49(39(28)54)31-19-20-33(51)47-38(31)53/h9,11-12,15-18,24,30-31,36,43H,5-8,10,13-14,19-23H2,1-4H3,(H,44,52)(H,46,50)(H,47,51,53)/t30?,31?,36-/m1/s1. The predicted molar refractivity (Wildman–Crippen MR) is 215 cm³/mol. The van der Waals surface area contributed by atoms with Gasteiger partial charge in [-0.25, -0.2) is 4.98 Å². The first-order valence-corrected chi connectivity index (χ1v) is 20.6. The Labute approximate surface area is 336 Å². The number of unbranched alkanes of at least 4 members (excludes halogenated alkanes) is 3. The van der Waals surface area contributed by atoms with E-state index >= 15 is 0 Å². The Morgan fingerprint density at radius 1 is 0.965 bits per heavy atom. The van der Waals surface area contributed by atoms with Crippen molar-refractivity contribution in [2.24, 2.45) is 5.41 Å². The molecule has 3 aliphatic heterocycles. The van der Waals surface area contributed by atoms with E-state index < -0.39 is 47.2 Å². The molecule has 0 radical (unpaired) electrons. The highest BCUT2D eigenvalue weighted by Gasteiger charge is 2.46. The van der Waals surface area contributed by atoms with E-state index in [-0.39, 0.29) is 48.1 Å². The van der Waals surface area contributed by atoms with Crippen molar-refractivity contribution in [2.75, 3.05) is 18.4 Å². The number of carbonyl (C=O) groups excluding carboxylic acids is 7. The first-order chi connectivity index (χ1) is 27.2. The van der Waals surface area contributed by atoms with Crippen LogP contribution in [-0.2, 0) is 30.5 Å². The van der Waals surface area contributed by atoms with Gasteiger partial charge in [-0.2, -0.15) is 0 Å². The Bertz CT molecular complexity index is 2040. The summed E-state index contributed by atoms with van der Waals surface area (Å²) < 4.78 is 0. The van der Waals surface area contributed by atoms with E-state index in [9.17, 15) is 33.6 Å². The van der Waals surface area contributed by atoms with E-state index in [2.05, 4.69) is 26.3 Å². The number of thiazole rings is 1. The lowest BCUT2D eigenvalue weighted by Crippen LogP contribution is -2.57. The minimum atomic E-state index is -1.03. The molecule has 15 heteroatoms. The second-order valence-corrected chi connectivity index (χ2v) is 16.9. The normalized spacial score (nSPS) is 18.7. The number of hydrogen-bond acceptors (Lipinski definition) is 10. The first kappa shape index (κ1) is 41.2. The van der Waals surface area contributed by atoms with Gasteiger partial charge < -0.3 is 20.9 Å². The van der Waals surface area contributed by atoms with E-state index in [1.165, 1.54) is 0 Å². The lowest BCUT2D eigenvalue weighted by atomic mass is 9.85. The Balaban J connectivity index is 0.933. The van der Waals surface area contributed by atoms with E-state index in [0.717, 1.165) is 45.9 Å². The second kappa shape index (κ2) is 17.8. The number of aromatic nitrogens is 1. The number of hydrogen-bond donors (Lipinski definition) is 4. The molecule has 14 nitrogen and oxygen atoms in total. The van der Waals surface area contributed by atoms with Crippen molar-refractivity contribution in [1.82, 2.24) is 30.7 Å². The number of nitrogens with one attached hydrogen (secondary N) is 4. The number of likely N-dealkylation sites (tertiary alicyclic amines) is 1. The number of rotatable bonds is 15. The summed E-state index contributed by atoms with van der Waals surface area (Å²) >= 11 is 1.59. The van der Waals surface area contributed by atoms with Crippen LogP contribution in [0.3, 0.4) is 0 Å². The summed E-state index contributed by atoms with van der Waals surface area (Å²) in [6.45, 7) is 9.01. The molecule has 0 spiro atoms. The number of fused-ring (bicyclic) bond motifs is 1. The maximum absolute atomic E-state index is 13.9. The third-order valence-corrected chi connectivity index (χ3v) is 11.8. The van der Waals surface area contributed by atoms with Crippen LogP contribution in [0.25, 0.3) is 10.4 Å². The Morgan fingerprint density at radius 3 is 2.42 bits per heavy atom. The molecule has 0 saturated carbocycles. The van der Waals surface area contributed by atoms with Crippen LogP contribution >= 0.6 is 11.3 Å². The van der Waals surface area contributed by atoms with E-state index in [0.29, 0.717) is 44.6 Å². The van der Waals surface area contributed by atoms with Crippen LogP contribution in [0.1, 0.15) is 111 Å². The number of nitrogens with zero attached hydrogens (tertiary/aromatic N) is 3. The topological polar surface area (TPSA) is 187 Å². The quantitative estimate of drug-likeness (QED) is 0.125. The van der Waals surface area contributed by atoms with E-state index in [1.54, 1.807) is 34.4 Å². The van der Waals surface area contributed by atoms with Gasteiger partial charge in [0.25, 0.3) is 11.8 Å². The number of aryl methyl sites for hydroxylation is 1. The Morgan fingerprint density at radius 2 is 1.72 bits per heavy atom. The summed E-state index contributed by atoms with van der Waals surface area (Å²) in [4.78, 5) is 98.9. The number of carbonyl (C=O) groups is 7. The third-order valence-electron chi connectivity index (χ3n) is 10.8. The maximum atomic E-state index is 13.9. The summed E-state index contributed by atoms with van der Waals surface area (Å²) in [5.74, 6) is -2.87. The number of piperidine rings is 1. The minimum Gasteiger partial charge on any atom is -0.384 e. The van der Waals surface area contributed by atoms with Gasteiger partial charge in [-0.1, -0.05) is 63.9 Å². The van der Waals surface area contributed by atoms with Crippen molar-refractivity contribution in [3.8, 4) is 10.4 Å². The molecule has 3 aromatic rings. The predicted octanol–water partition coefficient (Wildman–Crippen LogP) is 4.72. The number of anilines is 1. The molecule has 3 aliphatic rings. The largest absolute Gasteiger partial charge is 0.384 e. The molecule has 4 heterocycles. The zero-order valence-electron chi connectivity index (χ0n) is 32.9. The van der Waals surface area contributed by atoms with Gasteiger partial charge in [-0.15, -0.1) is 11.3 Å². The van der Waals surface area contributed by atoms with Gasteiger partial charge in [0.1, 0.15) is 18.1 Å². The van der Waals surface area contributed by atoms with Crippen LogP contribution in [0.5, 0.6) is 0 Å². The van der Waals surface area contributed by atoms with Crippen molar-refractivity contribution in [3.05, 3.63) is 70.4 Å². The van der Waals surface area contributed by atoms with Crippen LogP contribution in [0.4, 0.5) is 5.69 Å². The van der Waals surface area contributed by atoms with Crippen LogP contribution in [0.15, 0.2) is 48.0 Å². The van der Waals surface area contributed by atoms with Crippen molar-refractivity contribution in [3.63, 3.8) is 0 Å². The highest BCUT2D eigenvalue weighted by Crippen LogP contribution is 2.33. The van der Waals surface area contributed by atoms with E-state index in [1.807, 2.05) is 57.5 Å². The molecule has 4 N–H and O–H groups in total. The van der Waals surface area contributed by atoms with Crippen LogP contribution < -0.4 is 21.3 Å². The molecular weight excluding hydrogens is 747 g/mol. The highest BCUT2D eigenvalue weighted by molar-refractivity contribution is 7.13. The number of amides is 7. The molecule has 57 heavy (non-hydrogen) atoms. The summed E-state index contributed by atoms with van der Waals surface area (Å²) in [6.07, 6.45) is 4.57. The van der Waals surface area contributed by atoms with Gasteiger partial charge in [0.2, 0.25) is 29.5 Å². The summed E-state index contributed by atoms with van der Waals surface area (Å²) in [5, 5.41) is 11.4. The van der Waals surface area contributed by atoms with Crippen LogP contribution in [-0.4, -0.2) is 87.3 Å². The highest BCUT2D eigenvalue weighted by atomic mass is 32.1. The molecule has 302 valence electrons. The SMILES string of the molecule is Cc1ncsc1-c1ccc(CNC(=O)C2CCCN2C(=O)[C@@H](NC(=O)CCCCCCNc2cccc3c2C(=O)N(C2CCC(=O)NC2=O)C3=O)C(C)(C)C)cc1. The molecule has 2 aromatic carbocycles. The van der Waals surface area contributed by atoms with Crippen LogP contribution in [0, 0.1) is 12.3 Å². The lowest BCUT2D eigenvalue weighted by molar-refractivity contribution is -0.144. The molecular formula is C42H51N7O7S. The fourth-order valence-corrected chi connectivity index (χ4v) is 8.47. The fourth-order valence-electron chi connectivity index (χ4n) is 7.66. The van der Waals surface area contributed by atoms with Gasteiger partial charge in [0.05, 0.1) is 27.2 Å². The number of imide groups is 2. The lowest BCUT2D eigenvalue weighted by Gasteiger charge is -2.35. The van der Waals surface area contributed by atoms with Gasteiger partial charge >= 0.3 is 0 Å². The smallest absolute Gasteiger partial charge is 0.264 e. The van der Waals surface area contributed by atoms with Gasteiger partial charge in [0.15, 0.2) is 0 Å². The van der Waals surface area contributed by atoms with Gasteiger partial charge in [-0.3, -0.25) is 43.8 Å². The second-order valence-electron chi connectivity index (χ2n) is 16.0. The van der Waals surface area contributed by atoms with E-state index in [4.69, 9.17) is 0 Å². The van der Waals surface area contributed by atoms with Crippen molar-refractivity contribution in [2.45, 2.75) is 110 Å². The molecule has 2 unspecified atom stereocenters. The summed E-state index contributed by atoms with van der Waals surface area (Å²) in [6, 6.07) is 10.5. The monoisotopic (exact) mass is 797 g/mol. The van der Waals surface area contributed by atoms with Crippen molar-refractivity contribution >= 4 is 58.4 Å². The summed E-state index contributed by atoms with van der Waals surface area (Å²) in [7, 11) is 0. The average molecular weight is 798 g/mol.